The number of nitrogens with one attached hydrogen (secondary N) is 3. The van der Waals surface area contributed by atoms with Crippen molar-refractivity contribution in [3.63, 3.8) is 0 Å². The molecule has 1 aliphatic carbocycles. The Hall–Kier alpha value is -3.53. The van der Waals surface area contributed by atoms with Gasteiger partial charge in [-0.05, 0) is 49.9 Å². The second-order valence-electron chi connectivity index (χ2n) is 8.69. The van der Waals surface area contributed by atoms with Crippen molar-refractivity contribution < 1.29 is 14.8 Å². The molecule has 3 aromatic rings. The molecular formula is C24H31N7O3. The first-order valence-corrected chi connectivity index (χ1v) is 11.9. The fourth-order valence-corrected chi connectivity index (χ4v) is 4.31. The molecule has 0 spiro atoms. The summed E-state index contributed by atoms with van der Waals surface area (Å²) in [5, 5.41) is 14.6. The molecule has 2 amide bonds. The van der Waals surface area contributed by atoms with E-state index in [0.29, 0.717) is 31.3 Å². The number of imidazole rings is 1. The van der Waals surface area contributed by atoms with Crippen LogP contribution in [0.3, 0.4) is 0 Å². The maximum atomic E-state index is 12.2. The number of fused-ring (bicyclic) bond motifs is 1. The largest absolute Gasteiger partial charge is 0.326 e. The van der Waals surface area contributed by atoms with Crippen LogP contribution in [-0.2, 0) is 9.59 Å². The molecule has 10 heteroatoms. The average molecular weight is 466 g/mol. The Morgan fingerprint density at radius 2 is 1.62 bits per heavy atom. The number of rotatable bonds is 11. The van der Waals surface area contributed by atoms with Crippen LogP contribution < -0.4 is 16.1 Å². The summed E-state index contributed by atoms with van der Waals surface area (Å²) in [7, 11) is 0. The number of hydrogen-bond donors (Lipinski definition) is 4. The summed E-state index contributed by atoms with van der Waals surface area (Å²) in [6, 6.07) is 7.90. The van der Waals surface area contributed by atoms with E-state index in [2.05, 4.69) is 30.2 Å². The average Bonchev–Trinajstić information content (AvgIpc) is 3.52. The van der Waals surface area contributed by atoms with Crippen molar-refractivity contribution in [1.29, 1.82) is 0 Å². The monoisotopic (exact) mass is 465 g/mol. The SMILES string of the molecule is O=C(CCCCCCC(=O)Nc1ccc(Nc2ncc3ncn(C4CCCC4)c3n2)cc1)NO. The molecule has 0 saturated heterocycles. The summed E-state index contributed by atoms with van der Waals surface area (Å²) in [6.45, 7) is 0. The van der Waals surface area contributed by atoms with Gasteiger partial charge in [0.1, 0.15) is 5.52 Å². The van der Waals surface area contributed by atoms with E-state index in [0.717, 1.165) is 54.6 Å². The van der Waals surface area contributed by atoms with Gasteiger partial charge in [0.15, 0.2) is 5.65 Å². The molecule has 10 nitrogen and oxygen atoms in total. The van der Waals surface area contributed by atoms with E-state index in [1.807, 2.05) is 30.6 Å². The molecule has 0 radical (unpaired) electrons. The van der Waals surface area contributed by atoms with E-state index in [9.17, 15) is 9.59 Å². The first-order valence-electron chi connectivity index (χ1n) is 11.9. The van der Waals surface area contributed by atoms with Crippen LogP contribution in [-0.4, -0.2) is 36.5 Å². The molecule has 1 aromatic carbocycles. The number of hydrogen-bond acceptors (Lipinski definition) is 7. The highest BCUT2D eigenvalue weighted by molar-refractivity contribution is 5.90. The van der Waals surface area contributed by atoms with E-state index in [4.69, 9.17) is 5.21 Å². The molecule has 2 heterocycles. The number of hydroxylamine groups is 1. The maximum absolute atomic E-state index is 12.2. The van der Waals surface area contributed by atoms with Crippen LogP contribution in [0.25, 0.3) is 11.2 Å². The highest BCUT2D eigenvalue weighted by atomic mass is 16.5. The molecule has 34 heavy (non-hydrogen) atoms. The molecule has 4 rings (SSSR count). The second-order valence-corrected chi connectivity index (χ2v) is 8.69. The van der Waals surface area contributed by atoms with Crippen molar-refractivity contribution in [2.75, 3.05) is 10.6 Å². The van der Waals surface area contributed by atoms with Crippen molar-refractivity contribution >= 4 is 40.3 Å². The zero-order valence-electron chi connectivity index (χ0n) is 19.2. The van der Waals surface area contributed by atoms with Crippen LogP contribution in [0.15, 0.2) is 36.8 Å². The summed E-state index contributed by atoms with van der Waals surface area (Å²) in [5.41, 5.74) is 4.83. The van der Waals surface area contributed by atoms with Gasteiger partial charge in [0, 0.05) is 30.3 Å². The summed E-state index contributed by atoms with van der Waals surface area (Å²) in [4.78, 5) is 36.6. The first-order chi connectivity index (χ1) is 16.6. The smallest absolute Gasteiger partial charge is 0.243 e. The molecule has 4 N–H and O–H groups in total. The van der Waals surface area contributed by atoms with E-state index in [1.54, 1.807) is 11.7 Å². The third kappa shape index (κ3) is 6.28. The highest BCUT2D eigenvalue weighted by Gasteiger charge is 2.19. The number of nitrogens with zero attached hydrogens (tertiary/aromatic N) is 4. The van der Waals surface area contributed by atoms with Crippen molar-refractivity contribution in [3.8, 4) is 0 Å². The number of carbonyl (C=O) groups excluding carboxylic acids is 2. The molecule has 0 bridgehead atoms. The zero-order valence-corrected chi connectivity index (χ0v) is 19.2. The number of anilines is 3. The third-order valence-electron chi connectivity index (χ3n) is 6.14. The van der Waals surface area contributed by atoms with E-state index < -0.39 is 0 Å². The van der Waals surface area contributed by atoms with Gasteiger partial charge in [-0.1, -0.05) is 25.7 Å². The Balaban J connectivity index is 1.25. The molecule has 0 atom stereocenters. The van der Waals surface area contributed by atoms with Gasteiger partial charge < -0.3 is 15.2 Å². The molecule has 0 aliphatic heterocycles. The molecule has 0 unspecified atom stereocenters. The fourth-order valence-electron chi connectivity index (χ4n) is 4.31. The Morgan fingerprint density at radius 1 is 0.941 bits per heavy atom. The Kier molecular flexibility index (Phi) is 8.03. The topological polar surface area (TPSA) is 134 Å². The lowest BCUT2D eigenvalue weighted by Crippen LogP contribution is -2.17. The molecule has 1 aliphatic rings. The van der Waals surface area contributed by atoms with Crippen LogP contribution in [0.5, 0.6) is 0 Å². The van der Waals surface area contributed by atoms with Crippen LogP contribution in [0.2, 0.25) is 0 Å². The van der Waals surface area contributed by atoms with Gasteiger partial charge in [0.2, 0.25) is 17.8 Å². The van der Waals surface area contributed by atoms with Crippen molar-refractivity contribution in [1.82, 2.24) is 25.0 Å². The fraction of sp³-hybridized carbons (Fsp3) is 0.458. The lowest BCUT2D eigenvalue weighted by Gasteiger charge is -2.12. The van der Waals surface area contributed by atoms with Crippen LogP contribution >= 0.6 is 0 Å². The number of aromatic nitrogens is 4. The lowest BCUT2D eigenvalue weighted by atomic mass is 10.1. The van der Waals surface area contributed by atoms with Gasteiger partial charge in [-0.25, -0.2) is 15.4 Å². The summed E-state index contributed by atoms with van der Waals surface area (Å²) < 4.78 is 2.17. The van der Waals surface area contributed by atoms with E-state index in [-0.39, 0.29) is 11.8 Å². The first kappa shape index (κ1) is 23.6. The van der Waals surface area contributed by atoms with Crippen LogP contribution in [0.1, 0.15) is 70.3 Å². The van der Waals surface area contributed by atoms with Gasteiger partial charge >= 0.3 is 0 Å². The number of benzene rings is 1. The van der Waals surface area contributed by atoms with Gasteiger partial charge in [-0.2, -0.15) is 4.98 Å². The molecule has 180 valence electrons. The molecular weight excluding hydrogens is 434 g/mol. The quantitative estimate of drug-likeness (QED) is 0.186. The molecule has 1 saturated carbocycles. The molecule has 2 aromatic heterocycles. The number of amides is 2. The number of carbonyl (C=O) groups is 2. The van der Waals surface area contributed by atoms with Crippen molar-refractivity contribution in [2.24, 2.45) is 0 Å². The van der Waals surface area contributed by atoms with Gasteiger partial charge in [0.25, 0.3) is 0 Å². The standard InChI is InChI=1S/C24H31N7O3/c32-21(9-3-1-2-4-10-22(33)30-34)27-17-11-13-18(14-12-17)28-24-25-15-20-23(29-24)31(16-26-20)19-7-5-6-8-19/h11-16,19,34H,1-10H2,(H,27,32)(H,30,33)(H,25,28,29). The third-order valence-corrected chi connectivity index (χ3v) is 6.14. The normalized spacial score (nSPS) is 13.8. The molecule has 1 fully saturated rings. The van der Waals surface area contributed by atoms with E-state index in [1.165, 1.54) is 12.8 Å². The number of unbranched alkanes of at least 4 members (excludes halogenated alkanes) is 3. The van der Waals surface area contributed by atoms with E-state index >= 15 is 0 Å². The van der Waals surface area contributed by atoms with Gasteiger partial charge in [-0.3, -0.25) is 14.8 Å². The second kappa shape index (κ2) is 11.6. The highest BCUT2D eigenvalue weighted by Crippen LogP contribution is 2.31. The Bertz CT molecular complexity index is 1110. The predicted octanol–water partition coefficient (Wildman–Crippen LogP) is 4.47. The Morgan fingerprint density at radius 3 is 2.32 bits per heavy atom. The van der Waals surface area contributed by atoms with Gasteiger partial charge in [0.05, 0.1) is 12.5 Å². The Labute approximate surface area is 198 Å². The lowest BCUT2D eigenvalue weighted by molar-refractivity contribution is -0.129. The van der Waals surface area contributed by atoms with Crippen molar-refractivity contribution in [3.05, 3.63) is 36.8 Å². The van der Waals surface area contributed by atoms with Crippen LogP contribution in [0, 0.1) is 0 Å². The minimum absolute atomic E-state index is 0.0391. The summed E-state index contributed by atoms with van der Waals surface area (Å²) >= 11 is 0. The predicted molar refractivity (Wildman–Crippen MR) is 129 cm³/mol. The zero-order chi connectivity index (χ0) is 23.8. The summed E-state index contributed by atoms with van der Waals surface area (Å²) in [5.74, 6) is 0.0988. The van der Waals surface area contributed by atoms with Gasteiger partial charge in [-0.15, -0.1) is 0 Å². The van der Waals surface area contributed by atoms with Crippen molar-refractivity contribution in [2.45, 2.75) is 70.3 Å². The minimum Gasteiger partial charge on any atom is -0.326 e. The maximum Gasteiger partial charge on any atom is 0.243 e. The van der Waals surface area contributed by atoms with Crippen LogP contribution in [0.4, 0.5) is 17.3 Å². The summed E-state index contributed by atoms with van der Waals surface area (Å²) in [6.07, 6.45) is 12.3. The minimum atomic E-state index is -0.376.